The molecule has 5 nitrogen and oxygen atoms in total. The highest BCUT2D eigenvalue weighted by Crippen LogP contribution is 2.52. The number of likely N-dealkylation sites (tertiary alicyclic amines) is 1. The van der Waals surface area contributed by atoms with Gasteiger partial charge in [0.05, 0.1) is 11.8 Å². The van der Waals surface area contributed by atoms with Gasteiger partial charge in [0.15, 0.2) is 0 Å². The Balaban J connectivity index is 1.31. The Hall–Kier alpha value is -2.43. The number of nitrogens with zero attached hydrogens (tertiary/aromatic N) is 1. The van der Waals surface area contributed by atoms with Gasteiger partial charge in [0.1, 0.15) is 6.54 Å². The smallest absolute Gasteiger partial charge is 0.244 e. The predicted octanol–water partition coefficient (Wildman–Crippen LogP) is 2.31. The monoisotopic (exact) mass is 350 g/mol. The molecule has 4 aliphatic rings. The molecule has 3 amide bonds. The van der Waals surface area contributed by atoms with Gasteiger partial charge in [-0.05, 0) is 61.1 Å². The summed E-state index contributed by atoms with van der Waals surface area (Å²) in [4.78, 5) is 39.2. The van der Waals surface area contributed by atoms with Crippen molar-refractivity contribution in [3.05, 3.63) is 41.5 Å². The number of nitrogens with one attached hydrogen (secondary N) is 1. The van der Waals surface area contributed by atoms with Crippen molar-refractivity contribution in [3.63, 3.8) is 0 Å². The van der Waals surface area contributed by atoms with Crippen LogP contribution >= 0.6 is 0 Å². The molecular formula is C21H22N2O3. The fourth-order valence-corrected chi connectivity index (χ4v) is 5.35. The molecule has 1 aromatic rings. The topological polar surface area (TPSA) is 66.5 Å². The first-order valence-electron chi connectivity index (χ1n) is 9.57. The number of anilines is 1. The second-order valence-electron chi connectivity index (χ2n) is 7.96. The molecule has 1 saturated carbocycles. The molecule has 5 heteroatoms. The van der Waals surface area contributed by atoms with Gasteiger partial charge in [-0.3, -0.25) is 19.3 Å². The molecule has 134 valence electrons. The van der Waals surface area contributed by atoms with Crippen LogP contribution in [0.25, 0.3) is 0 Å². The lowest BCUT2D eigenvalue weighted by Gasteiger charge is -2.21. The number of aryl methyl sites for hydroxylation is 1. The molecular weight excluding hydrogens is 328 g/mol. The summed E-state index contributed by atoms with van der Waals surface area (Å²) in [5, 5.41) is 2.94. The van der Waals surface area contributed by atoms with Gasteiger partial charge >= 0.3 is 0 Å². The van der Waals surface area contributed by atoms with E-state index in [4.69, 9.17) is 0 Å². The molecule has 1 saturated heterocycles. The summed E-state index contributed by atoms with van der Waals surface area (Å²) in [6.07, 6.45) is 9.35. The first-order chi connectivity index (χ1) is 12.6. The van der Waals surface area contributed by atoms with Gasteiger partial charge in [-0.2, -0.15) is 0 Å². The van der Waals surface area contributed by atoms with E-state index >= 15 is 0 Å². The van der Waals surface area contributed by atoms with E-state index in [1.54, 1.807) is 0 Å². The number of imide groups is 1. The van der Waals surface area contributed by atoms with Gasteiger partial charge in [-0.25, -0.2) is 0 Å². The number of carbonyl (C=O) groups excluding carboxylic acids is 3. The minimum atomic E-state index is -0.286. The number of benzene rings is 1. The van der Waals surface area contributed by atoms with Gasteiger partial charge < -0.3 is 5.32 Å². The van der Waals surface area contributed by atoms with Gasteiger partial charge in [-0.15, -0.1) is 0 Å². The maximum atomic E-state index is 12.7. The number of carbonyl (C=O) groups is 3. The molecule has 1 heterocycles. The summed E-state index contributed by atoms with van der Waals surface area (Å²) in [5.41, 5.74) is 3.32. The third-order valence-corrected chi connectivity index (χ3v) is 6.53. The van der Waals surface area contributed by atoms with Crippen molar-refractivity contribution < 1.29 is 14.4 Å². The van der Waals surface area contributed by atoms with Crippen LogP contribution in [0.3, 0.4) is 0 Å². The number of hydrogen-bond acceptors (Lipinski definition) is 3. The Bertz CT molecular complexity index is 814. The third kappa shape index (κ3) is 2.26. The Morgan fingerprint density at radius 1 is 1.04 bits per heavy atom. The Kier molecular flexibility index (Phi) is 3.52. The normalized spacial score (nSPS) is 31.3. The maximum Gasteiger partial charge on any atom is 0.244 e. The van der Waals surface area contributed by atoms with Crippen molar-refractivity contribution in [2.24, 2.45) is 23.7 Å². The summed E-state index contributed by atoms with van der Waals surface area (Å²) < 4.78 is 0. The molecule has 0 aromatic heterocycles. The zero-order valence-electron chi connectivity index (χ0n) is 14.6. The van der Waals surface area contributed by atoms with E-state index in [2.05, 4.69) is 23.5 Å². The van der Waals surface area contributed by atoms with Crippen LogP contribution in [0.2, 0.25) is 0 Å². The van der Waals surface area contributed by atoms with Crippen LogP contribution in [0.4, 0.5) is 5.69 Å². The van der Waals surface area contributed by atoms with Crippen molar-refractivity contribution in [1.82, 2.24) is 4.90 Å². The lowest BCUT2D eigenvalue weighted by molar-refractivity contribution is -0.143. The van der Waals surface area contributed by atoms with E-state index in [-0.39, 0.29) is 47.9 Å². The van der Waals surface area contributed by atoms with Gasteiger partial charge in [0.2, 0.25) is 17.7 Å². The summed E-state index contributed by atoms with van der Waals surface area (Å²) in [6.45, 7) is -0.173. The highest BCUT2D eigenvalue weighted by Gasteiger charge is 2.59. The van der Waals surface area contributed by atoms with Crippen LogP contribution in [-0.2, 0) is 27.2 Å². The highest BCUT2D eigenvalue weighted by molar-refractivity contribution is 6.09. The summed E-state index contributed by atoms with van der Waals surface area (Å²) in [7, 11) is 0. The van der Waals surface area contributed by atoms with Crippen molar-refractivity contribution >= 4 is 23.4 Å². The second-order valence-corrected chi connectivity index (χ2v) is 7.96. The first-order valence-corrected chi connectivity index (χ1v) is 9.57. The van der Waals surface area contributed by atoms with Crippen LogP contribution < -0.4 is 5.32 Å². The zero-order chi connectivity index (χ0) is 17.8. The lowest BCUT2D eigenvalue weighted by Crippen LogP contribution is -2.39. The first kappa shape index (κ1) is 15.8. The van der Waals surface area contributed by atoms with E-state index < -0.39 is 0 Å². The van der Waals surface area contributed by atoms with Crippen LogP contribution in [0.1, 0.15) is 30.4 Å². The molecule has 3 aliphatic carbocycles. The highest BCUT2D eigenvalue weighted by atomic mass is 16.2. The molecule has 26 heavy (non-hydrogen) atoms. The average Bonchev–Trinajstić information content (AvgIpc) is 3.32. The number of rotatable bonds is 3. The van der Waals surface area contributed by atoms with Gasteiger partial charge in [0, 0.05) is 5.69 Å². The molecule has 2 fully saturated rings. The second kappa shape index (κ2) is 5.79. The van der Waals surface area contributed by atoms with Crippen LogP contribution in [-0.4, -0.2) is 29.2 Å². The van der Waals surface area contributed by atoms with Crippen LogP contribution in [0.5, 0.6) is 0 Å². The molecule has 2 bridgehead atoms. The van der Waals surface area contributed by atoms with E-state index in [0.717, 1.165) is 31.4 Å². The Morgan fingerprint density at radius 2 is 1.73 bits per heavy atom. The standard InChI is InChI=1S/C21H22N2O3/c24-17(22-16-7-3-5-12-4-1-2-6-15(12)16)11-23-20(25)18-13-8-9-14(10-13)19(18)21(23)26/h3,5,7-9,13-14,18-19H,1-2,4,6,10-11H2,(H,22,24)/t13-,14-,18-,19+/m0/s1. The van der Waals surface area contributed by atoms with E-state index in [1.807, 2.05) is 12.1 Å². The maximum absolute atomic E-state index is 12.7. The van der Waals surface area contributed by atoms with Crippen LogP contribution in [0.15, 0.2) is 30.4 Å². The van der Waals surface area contributed by atoms with Crippen LogP contribution in [0, 0.1) is 23.7 Å². The number of allylic oxidation sites excluding steroid dienone is 2. The Labute approximate surface area is 152 Å². The summed E-state index contributed by atoms with van der Waals surface area (Å²) >= 11 is 0. The zero-order valence-corrected chi connectivity index (χ0v) is 14.6. The average molecular weight is 350 g/mol. The van der Waals surface area contributed by atoms with Crippen molar-refractivity contribution in [1.29, 1.82) is 0 Å². The fourth-order valence-electron chi connectivity index (χ4n) is 5.35. The minimum Gasteiger partial charge on any atom is -0.324 e. The predicted molar refractivity (Wildman–Crippen MR) is 96.2 cm³/mol. The molecule has 0 spiro atoms. The molecule has 5 rings (SSSR count). The molecule has 0 unspecified atom stereocenters. The van der Waals surface area contributed by atoms with Gasteiger partial charge in [0.25, 0.3) is 0 Å². The number of fused-ring (bicyclic) bond motifs is 6. The molecule has 1 N–H and O–H groups in total. The fraction of sp³-hybridized carbons (Fsp3) is 0.476. The van der Waals surface area contributed by atoms with Crippen molar-refractivity contribution in [2.45, 2.75) is 32.1 Å². The van der Waals surface area contributed by atoms with E-state index in [0.29, 0.717) is 0 Å². The van der Waals surface area contributed by atoms with E-state index in [9.17, 15) is 14.4 Å². The largest absolute Gasteiger partial charge is 0.324 e. The van der Waals surface area contributed by atoms with Gasteiger partial charge in [-0.1, -0.05) is 24.3 Å². The lowest BCUT2D eigenvalue weighted by atomic mass is 9.85. The molecule has 0 radical (unpaired) electrons. The summed E-state index contributed by atoms with van der Waals surface area (Å²) in [5.74, 6) is -0.744. The van der Waals surface area contributed by atoms with Crippen molar-refractivity contribution in [3.8, 4) is 0 Å². The van der Waals surface area contributed by atoms with Crippen molar-refractivity contribution in [2.75, 3.05) is 11.9 Å². The molecule has 1 aromatic carbocycles. The number of amides is 3. The number of hydrogen-bond donors (Lipinski definition) is 1. The third-order valence-electron chi connectivity index (χ3n) is 6.53. The van der Waals surface area contributed by atoms with E-state index in [1.165, 1.54) is 22.4 Å². The minimum absolute atomic E-state index is 0.165. The molecule has 1 aliphatic heterocycles. The SMILES string of the molecule is O=C(CN1C(=O)[C@@H]2[C@H](C1=O)[C@H]1C=C[C@H]2C1)Nc1cccc2c1CCCC2. The molecule has 4 atom stereocenters. The Morgan fingerprint density at radius 3 is 2.46 bits per heavy atom. The quantitative estimate of drug-likeness (QED) is 0.672. The summed E-state index contributed by atoms with van der Waals surface area (Å²) in [6, 6.07) is 5.98.